The van der Waals surface area contributed by atoms with Gasteiger partial charge in [-0.15, -0.1) is 0 Å². The van der Waals surface area contributed by atoms with Gasteiger partial charge < -0.3 is 11.1 Å². The number of nitrogens with zero attached hydrogens (tertiary/aromatic N) is 1. The number of rotatable bonds is 3. The maximum absolute atomic E-state index is 11.5. The average Bonchev–Trinajstić information content (AvgIpc) is 2.15. The van der Waals surface area contributed by atoms with Crippen molar-refractivity contribution in [1.29, 1.82) is 0 Å². The fourth-order valence-electron chi connectivity index (χ4n) is 0.908. The molecule has 14 heavy (non-hydrogen) atoms. The second kappa shape index (κ2) is 4.93. The van der Waals surface area contributed by atoms with Crippen LogP contribution in [0, 0.1) is 0 Å². The maximum atomic E-state index is 11.5. The highest BCUT2D eigenvalue weighted by Crippen LogP contribution is 2.12. The van der Waals surface area contributed by atoms with Crippen LogP contribution >= 0.6 is 11.6 Å². The van der Waals surface area contributed by atoms with Gasteiger partial charge in [0, 0.05) is 25.0 Å². The van der Waals surface area contributed by atoms with Crippen molar-refractivity contribution in [2.45, 2.75) is 13.0 Å². The molecular formula is C9H12ClN3O. The molecule has 0 aliphatic heterocycles. The van der Waals surface area contributed by atoms with Crippen LogP contribution in [0.25, 0.3) is 0 Å². The highest BCUT2D eigenvalue weighted by Gasteiger charge is 2.09. The summed E-state index contributed by atoms with van der Waals surface area (Å²) in [4.78, 5) is 15.3. The van der Waals surface area contributed by atoms with Crippen LogP contribution in [0.4, 0.5) is 0 Å². The van der Waals surface area contributed by atoms with E-state index in [2.05, 4.69) is 10.3 Å². The van der Waals surface area contributed by atoms with Gasteiger partial charge in [0.2, 0.25) is 0 Å². The van der Waals surface area contributed by atoms with E-state index < -0.39 is 0 Å². The van der Waals surface area contributed by atoms with Crippen LogP contribution in [0.15, 0.2) is 18.5 Å². The van der Waals surface area contributed by atoms with Gasteiger partial charge in [0.15, 0.2) is 0 Å². The number of nitrogens with one attached hydrogen (secondary N) is 1. The first kappa shape index (κ1) is 10.9. The zero-order valence-corrected chi connectivity index (χ0v) is 8.58. The van der Waals surface area contributed by atoms with Gasteiger partial charge in [0.1, 0.15) is 0 Å². The van der Waals surface area contributed by atoms with Crippen molar-refractivity contribution in [2.24, 2.45) is 5.73 Å². The molecule has 1 unspecified atom stereocenters. The lowest BCUT2D eigenvalue weighted by Crippen LogP contribution is -2.35. The number of carbonyl (C=O) groups is 1. The van der Waals surface area contributed by atoms with Gasteiger partial charge >= 0.3 is 0 Å². The van der Waals surface area contributed by atoms with E-state index in [-0.39, 0.29) is 11.9 Å². The SMILES string of the molecule is CC(N)CNC(=O)c1ccncc1Cl. The molecule has 1 amide bonds. The third kappa shape index (κ3) is 2.97. The van der Waals surface area contributed by atoms with Gasteiger partial charge in [-0.1, -0.05) is 11.6 Å². The molecular weight excluding hydrogens is 202 g/mol. The quantitative estimate of drug-likeness (QED) is 0.781. The summed E-state index contributed by atoms with van der Waals surface area (Å²) in [7, 11) is 0. The summed E-state index contributed by atoms with van der Waals surface area (Å²) in [6, 6.07) is 1.50. The first-order valence-electron chi connectivity index (χ1n) is 4.24. The zero-order valence-electron chi connectivity index (χ0n) is 7.83. The van der Waals surface area contributed by atoms with E-state index in [9.17, 15) is 4.79 Å². The van der Waals surface area contributed by atoms with Crippen LogP contribution in [0.2, 0.25) is 5.02 Å². The largest absolute Gasteiger partial charge is 0.350 e. The predicted molar refractivity (Wildman–Crippen MR) is 55.2 cm³/mol. The summed E-state index contributed by atoms with van der Waals surface area (Å²) in [5, 5.41) is 3.01. The van der Waals surface area contributed by atoms with E-state index >= 15 is 0 Å². The minimum absolute atomic E-state index is 0.0698. The molecule has 1 rings (SSSR count). The van der Waals surface area contributed by atoms with Gasteiger partial charge in [-0.3, -0.25) is 9.78 Å². The van der Waals surface area contributed by atoms with Crippen molar-refractivity contribution in [2.75, 3.05) is 6.54 Å². The molecule has 0 aliphatic carbocycles. The maximum Gasteiger partial charge on any atom is 0.252 e. The summed E-state index contributed by atoms with van der Waals surface area (Å²) in [5.41, 5.74) is 5.92. The highest BCUT2D eigenvalue weighted by atomic mass is 35.5. The Balaban J connectivity index is 2.65. The summed E-state index contributed by atoms with van der Waals surface area (Å²) in [6.07, 6.45) is 2.95. The molecule has 1 aromatic rings. The Bertz CT molecular complexity index is 328. The van der Waals surface area contributed by atoms with Crippen LogP contribution < -0.4 is 11.1 Å². The molecule has 1 atom stereocenters. The number of nitrogens with two attached hydrogens (primary N) is 1. The Hall–Kier alpha value is -1.13. The molecule has 1 aromatic heterocycles. The molecule has 5 heteroatoms. The van der Waals surface area contributed by atoms with Gasteiger partial charge in [0.05, 0.1) is 10.6 Å². The van der Waals surface area contributed by atoms with E-state index in [1.54, 1.807) is 6.07 Å². The Morgan fingerprint density at radius 3 is 3.07 bits per heavy atom. The van der Waals surface area contributed by atoms with Crippen molar-refractivity contribution in [3.8, 4) is 0 Å². The summed E-state index contributed by atoms with van der Waals surface area (Å²) in [6.45, 7) is 2.24. The third-order valence-corrected chi connectivity index (χ3v) is 1.90. The van der Waals surface area contributed by atoms with Crippen LogP contribution in [0.3, 0.4) is 0 Å². The lowest BCUT2D eigenvalue weighted by Gasteiger charge is -2.08. The predicted octanol–water partition coefficient (Wildman–Crippen LogP) is 0.812. The Morgan fingerprint density at radius 2 is 2.50 bits per heavy atom. The lowest BCUT2D eigenvalue weighted by molar-refractivity contribution is 0.0952. The Morgan fingerprint density at radius 1 is 1.79 bits per heavy atom. The van der Waals surface area contributed by atoms with Gasteiger partial charge in [0.25, 0.3) is 5.91 Å². The molecule has 0 spiro atoms. The fraction of sp³-hybridized carbons (Fsp3) is 0.333. The molecule has 0 bridgehead atoms. The topological polar surface area (TPSA) is 68.0 Å². The second-order valence-corrected chi connectivity index (χ2v) is 3.45. The molecule has 3 N–H and O–H groups in total. The monoisotopic (exact) mass is 213 g/mol. The van der Waals surface area contributed by atoms with Gasteiger partial charge in [-0.25, -0.2) is 0 Å². The molecule has 0 aromatic carbocycles. The van der Waals surface area contributed by atoms with Crippen molar-refractivity contribution < 1.29 is 4.79 Å². The number of hydrogen-bond donors (Lipinski definition) is 2. The van der Waals surface area contributed by atoms with Crippen LogP contribution in [0.5, 0.6) is 0 Å². The van der Waals surface area contributed by atoms with Crippen LogP contribution in [-0.2, 0) is 0 Å². The molecule has 0 saturated carbocycles. The third-order valence-electron chi connectivity index (χ3n) is 1.60. The summed E-state index contributed by atoms with van der Waals surface area (Å²) >= 11 is 5.78. The van der Waals surface area contributed by atoms with Gasteiger partial charge in [-0.2, -0.15) is 0 Å². The minimum Gasteiger partial charge on any atom is -0.350 e. The first-order chi connectivity index (χ1) is 6.61. The first-order valence-corrected chi connectivity index (χ1v) is 4.62. The fourth-order valence-corrected chi connectivity index (χ4v) is 1.11. The summed E-state index contributed by atoms with van der Waals surface area (Å²) < 4.78 is 0. The van der Waals surface area contributed by atoms with Crippen molar-refractivity contribution in [1.82, 2.24) is 10.3 Å². The normalized spacial score (nSPS) is 12.2. The number of carbonyl (C=O) groups excluding carboxylic acids is 1. The molecule has 76 valence electrons. The molecule has 1 heterocycles. The number of pyridine rings is 1. The molecule has 0 saturated heterocycles. The number of amides is 1. The van der Waals surface area contributed by atoms with E-state index in [1.165, 1.54) is 12.4 Å². The zero-order chi connectivity index (χ0) is 10.6. The van der Waals surface area contributed by atoms with Crippen molar-refractivity contribution in [3.05, 3.63) is 29.0 Å². The molecule has 0 fully saturated rings. The van der Waals surface area contributed by atoms with E-state index in [4.69, 9.17) is 17.3 Å². The lowest BCUT2D eigenvalue weighted by atomic mass is 10.2. The number of halogens is 1. The Labute approximate surface area is 87.5 Å². The van der Waals surface area contributed by atoms with Gasteiger partial charge in [-0.05, 0) is 13.0 Å². The Kier molecular flexibility index (Phi) is 3.85. The molecule has 4 nitrogen and oxygen atoms in total. The smallest absolute Gasteiger partial charge is 0.252 e. The molecule has 0 aliphatic rings. The standard InChI is InChI=1S/C9H12ClN3O/c1-6(11)4-13-9(14)7-2-3-12-5-8(7)10/h2-3,5-6H,4,11H2,1H3,(H,13,14). The molecule has 0 radical (unpaired) electrons. The highest BCUT2D eigenvalue weighted by molar-refractivity contribution is 6.33. The van der Waals surface area contributed by atoms with E-state index in [0.29, 0.717) is 17.1 Å². The van der Waals surface area contributed by atoms with Crippen LogP contribution in [-0.4, -0.2) is 23.5 Å². The number of aromatic nitrogens is 1. The number of hydrogen-bond acceptors (Lipinski definition) is 3. The van der Waals surface area contributed by atoms with E-state index in [1.807, 2.05) is 6.92 Å². The summed E-state index contributed by atoms with van der Waals surface area (Å²) in [5.74, 6) is -0.227. The second-order valence-electron chi connectivity index (χ2n) is 3.04. The van der Waals surface area contributed by atoms with Crippen molar-refractivity contribution in [3.63, 3.8) is 0 Å². The van der Waals surface area contributed by atoms with Crippen molar-refractivity contribution >= 4 is 17.5 Å². The van der Waals surface area contributed by atoms with Crippen LogP contribution in [0.1, 0.15) is 17.3 Å². The average molecular weight is 214 g/mol. The minimum atomic E-state index is -0.227. The van der Waals surface area contributed by atoms with E-state index in [0.717, 1.165) is 0 Å².